The molecule has 0 saturated carbocycles. The van der Waals surface area contributed by atoms with Crippen LogP contribution in [0.15, 0.2) is 29.3 Å². The number of aliphatic carboxylic acids is 1. The van der Waals surface area contributed by atoms with Crippen LogP contribution in [0, 0.1) is 5.82 Å². The second-order valence-electron chi connectivity index (χ2n) is 2.39. The molecule has 0 heterocycles. The number of aliphatic imine (C=N–C) groups is 1. The van der Waals surface area contributed by atoms with Crippen molar-refractivity contribution in [1.29, 1.82) is 0 Å². The van der Waals surface area contributed by atoms with E-state index < -0.39 is 11.8 Å². The van der Waals surface area contributed by atoms with Gasteiger partial charge in [0, 0.05) is 11.8 Å². The molecule has 0 aromatic heterocycles. The Hall–Kier alpha value is -1.71. The fourth-order valence-corrected chi connectivity index (χ4v) is 0.802. The van der Waals surface area contributed by atoms with Crippen LogP contribution in [-0.4, -0.2) is 23.8 Å². The summed E-state index contributed by atoms with van der Waals surface area (Å²) in [6.45, 7) is -0.339. The summed E-state index contributed by atoms with van der Waals surface area (Å²) < 4.78 is 12.9. The number of hydrogen-bond acceptors (Lipinski definition) is 2. The van der Waals surface area contributed by atoms with Gasteiger partial charge in [-0.05, 0) is 6.07 Å². The summed E-state index contributed by atoms with van der Waals surface area (Å²) >= 11 is 0. The minimum atomic E-state index is -1.03. The highest BCUT2D eigenvalue weighted by Gasteiger charge is 1.96. The SMILES string of the molecule is O=C(O)C/N=C\c1ccccc1F. The first-order valence-electron chi connectivity index (χ1n) is 3.66. The molecule has 0 radical (unpaired) electrons. The van der Waals surface area contributed by atoms with Gasteiger partial charge in [0.05, 0.1) is 0 Å². The Morgan fingerprint density at radius 1 is 1.54 bits per heavy atom. The van der Waals surface area contributed by atoms with E-state index in [1.54, 1.807) is 12.1 Å². The Bertz CT molecular complexity index is 336. The maximum atomic E-state index is 12.9. The smallest absolute Gasteiger partial charge is 0.325 e. The van der Waals surface area contributed by atoms with E-state index in [-0.39, 0.29) is 6.54 Å². The fraction of sp³-hybridized carbons (Fsp3) is 0.111. The van der Waals surface area contributed by atoms with Crippen LogP contribution in [0.3, 0.4) is 0 Å². The molecule has 1 aromatic rings. The first-order chi connectivity index (χ1) is 6.20. The van der Waals surface area contributed by atoms with E-state index in [0.717, 1.165) is 0 Å². The fourth-order valence-electron chi connectivity index (χ4n) is 0.802. The van der Waals surface area contributed by atoms with Gasteiger partial charge in [0.25, 0.3) is 0 Å². The Morgan fingerprint density at radius 2 is 2.23 bits per heavy atom. The number of hydrogen-bond donors (Lipinski definition) is 1. The van der Waals surface area contributed by atoms with E-state index in [2.05, 4.69) is 4.99 Å². The molecular weight excluding hydrogens is 173 g/mol. The zero-order valence-electron chi connectivity index (χ0n) is 6.77. The van der Waals surface area contributed by atoms with Crippen molar-refractivity contribution < 1.29 is 14.3 Å². The van der Waals surface area contributed by atoms with Crippen LogP contribution >= 0.6 is 0 Å². The number of carbonyl (C=O) groups is 1. The number of benzene rings is 1. The number of halogens is 1. The van der Waals surface area contributed by atoms with Crippen LogP contribution in [0.1, 0.15) is 5.56 Å². The van der Waals surface area contributed by atoms with Gasteiger partial charge in [-0.3, -0.25) is 9.79 Å². The predicted octanol–water partition coefficient (Wildman–Crippen LogP) is 1.33. The Morgan fingerprint density at radius 3 is 2.85 bits per heavy atom. The maximum absolute atomic E-state index is 12.9. The summed E-state index contributed by atoms with van der Waals surface area (Å²) in [5.74, 6) is -1.44. The van der Waals surface area contributed by atoms with Crippen LogP contribution in [0.25, 0.3) is 0 Å². The summed E-state index contributed by atoms with van der Waals surface area (Å²) in [4.78, 5) is 13.6. The van der Waals surface area contributed by atoms with Crippen molar-refractivity contribution in [2.45, 2.75) is 0 Å². The van der Waals surface area contributed by atoms with Crippen LogP contribution < -0.4 is 0 Å². The maximum Gasteiger partial charge on any atom is 0.325 e. The van der Waals surface area contributed by atoms with Crippen LogP contribution in [-0.2, 0) is 4.79 Å². The highest BCUT2D eigenvalue weighted by molar-refractivity contribution is 5.82. The molecule has 1 N–H and O–H groups in total. The minimum Gasteiger partial charge on any atom is -0.480 e. The summed E-state index contributed by atoms with van der Waals surface area (Å²) in [7, 11) is 0. The molecule has 4 heteroatoms. The average Bonchev–Trinajstić information content (AvgIpc) is 2.08. The molecule has 0 spiro atoms. The van der Waals surface area contributed by atoms with Crippen LogP contribution in [0.2, 0.25) is 0 Å². The van der Waals surface area contributed by atoms with Gasteiger partial charge in [-0.15, -0.1) is 0 Å². The first-order valence-corrected chi connectivity index (χ1v) is 3.66. The number of carboxylic acid groups (broad SMARTS) is 1. The largest absolute Gasteiger partial charge is 0.480 e. The van der Waals surface area contributed by atoms with Gasteiger partial charge in [-0.1, -0.05) is 18.2 Å². The van der Waals surface area contributed by atoms with Crippen molar-refractivity contribution in [3.63, 3.8) is 0 Å². The normalized spacial score (nSPS) is 10.5. The van der Waals surface area contributed by atoms with E-state index in [0.29, 0.717) is 5.56 Å². The summed E-state index contributed by atoms with van der Waals surface area (Å²) in [6, 6.07) is 6.04. The van der Waals surface area contributed by atoms with Gasteiger partial charge in [-0.25, -0.2) is 4.39 Å². The topological polar surface area (TPSA) is 49.7 Å². The van der Waals surface area contributed by atoms with Crippen molar-refractivity contribution in [1.82, 2.24) is 0 Å². The van der Waals surface area contributed by atoms with Crippen molar-refractivity contribution in [3.8, 4) is 0 Å². The second-order valence-corrected chi connectivity index (χ2v) is 2.39. The molecule has 0 saturated heterocycles. The molecule has 0 bridgehead atoms. The second kappa shape index (κ2) is 4.35. The van der Waals surface area contributed by atoms with Crippen molar-refractivity contribution in [3.05, 3.63) is 35.6 Å². The van der Waals surface area contributed by atoms with Crippen LogP contribution in [0.5, 0.6) is 0 Å². The quantitative estimate of drug-likeness (QED) is 0.715. The molecule has 1 rings (SSSR count). The predicted molar refractivity (Wildman–Crippen MR) is 46.5 cm³/mol. The lowest BCUT2D eigenvalue weighted by atomic mass is 10.2. The van der Waals surface area contributed by atoms with Crippen LogP contribution in [0.4, 0.5) is 4.39 Å². The van der Waals surface area contributed by atoms with E-state index in [9.17, 15) is 9.18 Å². The average molecular weight is 181 g/mol. The van der Waals surface area contributed by atoms with Gasteiger partial charge < -0.3 is 5.11 Å². The van der Waals surface area contributed by atoms with Crippen molar-refractivity contribution in [2.75, 3.05) is 6.54 Å². The number of carboxylic acids is 1. The number of rotatable bonds is 3. The third-order valence-corrected chi connectivity index (χ3v) is 1.36. The third-order valence-electron chi connectivity index (χ3n) is 1.36. The molecule has 13 heavy (non-hydrogen) atoms. The molecule has 1 aromatic carbocycles. The number of nitrogens with zero attached hydrogens (tertiary/aromatic N) is 1. The molecule has 0 aliphatic rings. The standard InChI is InChI=1S/C9H8FNO2/c10-8-4-2-1-3-7(8)5-11-6-9(12)13/h1-5H,6H2,(H,12,13)/b11-5-. The Labute approximate surface area is 74.5 Å². The Kier molecular flexibility index (Phi) is 3.14. The molecule has 68 valence electrons. The Balaban J connectivity index is 2.68. The molecule has 0 aliphatic heterocycles. The highest BCUT2D eigenvalue weighted by atomic mass is 19.1. The van der Waals surface area contributed by atoms with Gasteiger partial charge in [0.1, 0.15) is 12.4 Å². The lowest BCUT2D eigenvalue weighted by Crippen LogP contribution is -1.99. The van der Waals surface area contributed by atoms with Gasteiger partial charge in [0.2, 0.25) is 0 Å². The van der Waals surface area contributed by atoms with Crippen molar-refractivity contribution >= 4 is 12.2 Å². The summed E-state index contributed by atoms with van der Waals surface area (Å²) in [5, 5.41) is 8.25. The zero-order chi connectivity index (χ0) is 9.68. The summed E-state index contributed by atoms with van der Waals surface area (Å²) in [5.41, 5.74) is 0.295. The minimum absolute atomic E-state index is 0.295. The van der Waals surface area contributed by atoms with Crippen molar-refractivity contribution in [2.24, 2.45) is 4.99 Å². The van der Waals surface area contributed by atoms with E-state index in [1.165, 1.54) is 18.3 Å². The molecule has 0 fully saturated rings. The summed E-state index contributed by atoms with van der Waals surface area (Å²) in [6.07, 6.45) is 1.21. The first kappa shape index (κ1) is 9.38. The van der Waals surface area contributed by atoms with Gasteiger partial charge in [-0.2, -0.15) is 0 Å². The molecule has 3 nitrogen and oxygen atoms in total. The monoisotopic (exact) mass is 181 g/mol. The molecule has 0 aliphatic carbocycles. The van der Waals surface area contributed by atoms with Gasteiger partial charge in [0.15, 0.2) is 0 Å². The molecule has 0 amide bonds. The third kappa shape index (κ3) is 3.02. The molecule has 0 atom stereocenters. The lowest BCUT2D eigenvalue weighted by Gasteiger charge is -1.93. The van der Waals surface area contributed by atoms with E-state index in [1.807, 2.05) is 0 Å². The van der Waals surface area contributed by atoms with E-state index in [4.69, 9.17) is 5.11 Å². The van der Waals surface area contributed by atoms with E-state index >= 15 is 0 Å². The molecular formula is C9H8FNO2. The lowest BCUT2D eigenvalue weighted by molar-refractivity contribution is -0.135. The van der Waals surface area contributed by atoms with Gasteiger partial charge >= 0.3 is 5.97 Å². The zero-order valence-corrected chi connectivity index (χ0v) is 6.77. The highest BCUT2D eigenvalue weighted by Crippen LogP contribution is 2.02. The molecule has 0 unspecified atom stereocenters.